The summed E-state index contributed by atoms with van der Waals surface area (Å²) in [6.07, 6.45) is 7.01. The first-order chi connectivity index (χ1) is 11.7. The van der Waals surface area contributed by atoms with E-state index in [2.05, 4.69) is 17.2 Å². The first-order valence-corrected chi connectivity index (χ1v) is 7.67. The number of ketones is 1. The van der Waals surface area contributed by atoms with Crippen LogP contribution in [0, 0.1) is 0 Å². The van der Waals surface area contributed by atoms with Crippen molar-refractivity contribution in [2.24, 2.45) is 0 Å². The third kappa shape index (κ3) is 3.98. The summed E-state index contributed by atoms with van der Waals surface area (Å²) in [6, 6.07) is 17.2. The second kappa shape index (κ2) is 7.42. The van der Waals surface area contributed by atoms with Gasteiger partial charge in [0.2, 0.25) is 0 Å². The van der Waals surface area contributed by atoms with Gasteiger partial charge in [-0.05, 0) is 42.0 Å². The van der Waals surface area contributed by atoms with Gasteiger partial charge in [0.1, 0.15) is 5.75 Å². The van der Waals surface area contributed by atoms with Gasteiger partial charge in [-0.1, -0.05) is 30.3 Å². The van der Waals surface area contributed by atoms with Gasteiger partial charge in [0.25, 0.3) is 0 Å². The molecule has 0 saturated carbocycles. The van der Waals surface area contributed by atoms with Gasteiger partial charge in [-0.15, -0.1) is 0 Å². The highest BCUT2D eigenvalue weighted by molar-refractivity contribution is 6.06. The van der Waals surface area contributed by atoms with Gasteiger partial charge in [-0.3, -0.25) is 9.48 Å². The Morgan fingerprint density at radius 2 is 1.88 bits per heavy atom. The van der Waals surface area contributed by atoms with Crippen LogP contribution < -0.4 is 4.74 Å². The zero-order chi connectivity index (χ0) is 16.8. The third-order valence-corrected chi connectivity index (χ3v) is 3.64. The normalized spacial score (nSPS) is 10.9. The Balaban J connectivity index is 1.65. The Hall–Kier alpha value is -3.14. The second-order valence-electron chi connectivity index (χ2n) is 5.38. The fraction of sp³-hybridized carbons (Fsp3) is 0.100. The van der Waals surface area contributed by atoms with E-state index in [4.69, 9.17) is 4.74 Å². The number of benzene rings is 2. The highest BCUT2D eigenvalue weighted by Gasteiger charge is 2.03. The maximum atomic E-state index is 12.2. The predicted molar refractivity (Wildman–Crippen MR) is 94.1 cm³/mol. The number of hydrogen-bond acceptors (Lipinski definition) is 3. The molecule has 3 aromatic rings. The number of nitrogens with zero attached hydrogens (tertiary/aromatic N) is 2. The molecule has 4 heteroatoms. The topological polar surface area (TPSA) is 44.1 Å². The fourth-order valence-corrected chi connectivity index (χ4v) is 2.35. The molecule has 0 aliphatic rings. The van der Waals surface area contributed by atoms with Crippen LogP contribution in [0.3, 0.4) is 0 Å². The summed E-state index contributed by atoms with van der Waals surface area (Å²) in [5.41, 5.74) is 2.71. The molecule has 0 unspecified atom stereocenters. The summed E-state index contributed by atoms with van der Waals surface area (Å²) in [7, 11) is 1.60. The zero-order valence-corrected chi connectivity index (χ0v) is 13.4. The molecule has 24 heavy (non-hydrogen) atoms. The smallest absolute Gasteiger partial charge is 0.185 e. The summed E-state index contributed by atoms with van der Waals surface area (Å²) < 4.78 is 6.94. The van der Waals surface area contributed by atoms with Crippen molar-refractivity contribution in [3.63, 3.8) is 0 Å². The molecule has 3 rings (SSSR count). The Labute approximate surface area is 141 Å². The van der Waals surface area contributed by atoms with Crippen molar-refractivity contribution in [1.29, 1.82) is 0 Å². The lowest BCUT2D eigenvalue weighted by Gasteiger charge is -2.00. The summed E-state index contributed by atoms with van der Waals surface area (Å²) >= 11 is 0. The van der Waals surface area contributed by atoms with Crippen LogP contribution in [0.15, 0.2) is 73.1 Å². The molecule has 0 spiro atoms. The lowest BCUT2D eigenvalue weighted by molar-refractivity contribution is 0.104. The number of allylic oxidation sites excluding steroid dienone is 1. The largest absolute Gasteiger partial charge is 0.497 e. The van der Waals surface area contributed by atoms with Gasteiger partial charge < -0.3 is 4.74 Å². The van der Waals surface area contributed by atoms with Crippen molar-refractivity contribution in [1.82, 2.24) is 9.78 Å². The van der Waals surface area contributed by atoms with E-state index in [9.17, 15) is 4.79 Å². The number of ether oxygens (including phenoxy) is 1. The molecular weight excluding hydrogens is 300 g/mol. The number of hydrogen-bond donors (Lipinski definition) is 0. The van der Waals surface area contributed by atoms with Crippen molar-refractivity contribution < 1.29 is 9.53 Å². The SMILES string of the molecule is COc1ccc(C(=O)/C=C/c2cnn(Cc3ccccc3)c2)cc1. The Morgan fingerprint density at radius 3 is 2.58 bits per heavy atom. The molecule has 4 nitrogen and oxygen atoms in total. The van der Waals surface area contributed by atoms with E-state index in [0.717, 1.165) is 11.3 Å². The maximum Gasteiger partial charge on any atom is 0.185 e. The highest BCUT2D eigenvalue weighted by atomic mass is 16.5. The first kappa shape index (κ1) is 15.7. The van der Waals surface area contributed by atoms with E-state index in [1.807, 2.05) is 29.1 Å². The van der Waals surface area contributed by atoms with E-state index in [1.54, 1.807) is 49.7 Å². The minimum atomic E-state index is -0.0477. The molecule has 1 aromatic heterocycles. The van der Waals surface area contributed by atoms with Gasteiger partial charge in [-0.25, -0.2) is 0 Å². The van der Waals surface area contributed by atoms with Crippen molar-refractivity contribution >= 4 is 11.9 Å². The van der Waals surface area contributed by atoms with Crippen LogP contribution in [-0.2, 0) is 6.54 Å². The number of carbonyl (C=O) groups excluding carboxylic acids is 1. The van der Waals surface area contributed by atoms with Gasteiger partial charge >= 0.3 is 0 Å². The van der Waals surface area contributed by atoms with Gasteiger partial charge in [0.15, 0.2) is 5.78 Å². The highest BCUT2D eigenvalue weighted by Crippen LogP contribution is 2.13. The lowest BCUT2D eigenvalue weighted by Crippen LogP contribution is -1.99. The standard InChI is InChI=1S/C20H18N2O2/c1-24-19-10-8-18(9-11-19)20(23)12-7-17-13-21-22(15-17)14-16-5-3-2-4-6-16/h2-13,15H,14H2,1H3/b12-7+. The fourth-order valence-electron chi connectivity index (χ4n) is 2.35. The first-order valence-electron chi connectivity index (χ1n) is 7.67. The second-order valence-corrected chi connectivity index (χ2v) is 5.38. The van der Waals surface area contributed by atoms with Crippen LogP contribution in [0.4, 0.5) is 0 Å². The van der Waals surface area contributed by atoms with E-state index >= 15 is 0 Å². The average Bonchev–Trinajstić information content (AvgIpc) is 3.08. The third-order valence-electron chi connectivity index (χ3n) is 3.64. The Kier molecular flexibility index (Phi) is 4.87. The van der Waals surface area contributed by atoms with E-state index in [1.165, 1.54) is 5.56 Å². The molecule has 120 valence electrons. The zero-order valence-electron chi connectivity index (χ0n) is 13.4. The number of aromatic nitrogens is 2. The van der Waals surface area contributed by atoms with Gasteiger partial charge in [0.05, 0.1) is 19.9 Å². The summed E-state index contributed by atoms with van der Waals surface area (Å²) in [5.74, 6) is 0.686. The molecule has 0 aliphatic heterocycles. The molecule has 0 amide bonds. The molecule has 0 fully saturated rings. The molecule has 0 N–H and O–H groups in total. The predicted octanol–water partition coefficient (Wildman–Crippen LogP) is 3.84. The van der Waals surface area contributed by atoms with Crippen molar-refractivity contribution in [3.05, 3.63) is 89.8 Å². The minimum Gasteiger partial charge on any atom is -0.497 e. The van der Waals surface area contributed by atoms with E-state index in [-0.39, 0.29) is 5.78 Å². The summed E-state index contributed by atoms with van der Waals surface area (Å²) in [4.78, 5) is 12.2. The molecule has 0 saturated heterocycles. The molecule has 2 aromatic carbocycles. The summed E-state index contributed by atoms with van der Waals surface area (Å²) in [6.45, 7) is 0.709. The monoisotopic (exact) mass is 318 g/mol. The van der Waals surface area contributed by atoms with Gasteiger partial charge in [0, 0.05) is 17.3 Å². The molecule has 0 bridgehead atoms. The van der Waals surface area contributed by atoms with Crippen LogP contribution in [0.1, 0.15) is 21.5 Å². The lowest BCUT2D eigenvalue weighted by atomic mass is 10.1. The van der Waals surface area contributed by atoms with Crippen molar-refractivity contribution in [3.8, 4) is 5.75 Å². The molecule has 0 aliphatic carbocycles. The van der Waals surface area contributed by atoms with E-state index < -0.39 is 0 Å². The quantitative estimate of drug-likeness (QED) is 0.512. The molecule has 0 radical (unpaired) electrons. The minimum absolute atomic E-state index is 0.0477. The maximum absolute atomic E-state index is 12.2. The van der Waals surface area contributed by atoms with Crippen LogP contribution >= 0.6 is 0 Å². The molecular formula is C20H18N2O2. The van der Waals surface area contributed by atoms with Gasteiger partial charge in [-0.2, -0.15) is 5.10 Å². The Morgan fingerprint density at radius 1 is 1.12 bits per heavy atom. The number of carbonyl (C=O) groups is 1. The van der Waals surface area contributed by atoms with Crippen molar-refractivity contribution in [2.75, 3.05) is 7.11 Å². The Bertz CT molecular complexity index is 834. The molecule has 0 atom stereocenters. The van der Waals surface area contributed by atoms with Crippen LogP contribution in [0.5, 0.6) is 5.75 Å². The van der Waals surface area contributed by atoms with Crippen LogP contribution in [-0.4, -0.2) is 22.7 Å². The molecule has 1 heterocycles. The summed E-state index contributed by atoms with van der Waals surface area (Å²) in [5, 5.41) is 4.32. The van der Waals surface area contributed by atoms with Crippen LogP contribution in [0.25, 0.3) is 6.08 Å². The van der Waals surface area contributed by atoms with E-state index in [0.29, 0.717) is 12.1 Å². The number of methoxy groups -OCH3 is 1. The average molecular weight is 318 g/mol. The van der Waals surface area contributed by atoms with Crippen molar-refractivity contribution in [2.45, 2.75) is 6.54 Å². The number of rotatable bonds is 6. The van der Waals surface area contributed by atoms with Crippen LogP contribution in [0.2, 0.25) is 0 Å².